The van der Waals surface area contributed by atoms with E-state index in [9.17, 15) is 0 Å². The molecule has 4 nitrogen and oxygen atoms in total. The van der Waals surface area contributed by atoms with E-state index in [-0.39, 0.29) is 5.92 Å². The van der Waals surface area contributed by atoms with Crippen LogP contribution in [0.2, 0.25) is 0 Å². The predicted octanol–water partition coefficient (Wildman–Crippen LogP) is 4.90. The Kier molecular flexibility index (Phi) is 8.00. The van der Waals surface area contributed by atoms with Crippen molar-refractivity contribution in [1.82, 2.24) is 4.98 Å². The fourth-order valence-corrected chi connectivity index (χ4v) is 5.29. The van der Waals surface area contributed by atoms with Crippen LogP contribution in [-0.2, 0) is 19.5 Å². The number of quaternary nitrogens is 2. The van der Waals surface area contributed by atoms with Crippen LogP contribution in [0.15, 0.2) is 65.2 Å². The molecule has 176 valence electrons. The quantitative estimate of drug-likeness (QED) is 0.449. The van der Waals surface area contributed by atoms with Gasteiger partial charge in [0, 0.05) is 12.0 Å². The minimum atomic E-state index is 0.273. The molecule has 1 aromatic heterocycles. The number of hydrogen-bond donors (Lipinski definition) is 1. The Balaban J connectivity index is 1.42. The summed E-state index contributed by atoms with van der Waals surface area (Å²) in [5.41, 5.74) is 4.13. The van der Waals surface area contributed by atoms with E-state index in [1.165, 1.54) is 48.8 Å². The number of nitrogens with two attached hydrogens (primary N) is 1. The van der Waals surface area contributed by atoms with E-state index >= 15 is 0 Å². The number of oxazole rings is 1. The highest BCUT2D eigenvalue weighted by molar-refractivity contribution is 5.26. The Morgan fingerprint density at radius 1 is 0.970 bits per heavy atom. The normalized spacial score (nSPS) is 16.1. The van der Waals surface area contributed by atoms with Crippen molar-refractivity contribution in [3.8, 4) is 0 Å². The van der Waals surface area contributed by atoms with E-state index in [1.54, 1.807) is 0 Å². The van der Waals surface area contributed by atoms with Crippen LogP contribution in [0.5, 0.6) is 0 Å². The van der Waals surface area contributed by atoms with E-state index in [1.807, 2.05) is 6.20 Å². The zero-order chi connectivity index (χ0) is 23.1. The van der Waals surface area contributed by atoms with E-state index in [0.717, 1.165) is 42.2 Å². The van der Waals surface area contributed by atoms with Gasteiger partial charge in [0.25, 0.3) is 0 Å². The van der Waals surface area contributed by atoms with E-state index in [2.05, 4.69) is 81.1 Å². The SMILES string of the molecule is C[NH2+]Cc1ccc(CC[N+](C)(C)Cc2cnc([C@H](c3ccccc3)C3CCCCC3)o2)cc1. The van der Waals surface area contributed by atoms with Crippen molar-refractivity contribution in [1.29, 1.82) is 0 Å². The number of hydrogen-bond acceptors (Lipinski definition) is 2. The van der Waals surface area contributed by atoms with Gasteiger partial charge < -0.3 is 14.2 Å². The lowest BCUT2D eigenvalue weighted by Gasteiger charge is -2.29. The lowest BCUT2D eigenvalue weighted by molar-refractivity contribution is -0.904. The highest BCUT2D eigenvalue weighted by atomic mass is 16.4. The van der Waals surface area contributed by atoms with Gasteiger partial charge in [-0.1, -0.05) is 73.9 Å². The largest absolute Gasteiger partial charge is 0.439 e. The molecule has 1 atom stereocenters. The first-order valence-electron chi connectivity index (χ1n) is 12.7. The van der Waals surface area contributed by atoms with Crippen LogP contribution >= 0.6 is 0 Å². The molecular formula is C29H41N3O+2. The maximum atomic E-state index is 6.45. The maximum Gasteiger partial charge on any atom is 0.202 e. The third-order valence-corrected chi connectivity index (χ3v) is 7.17. The predicted molar refractivity (Wildman–Crippen MR) is 134 cm³/mol. The average molecular weight is 448 g/mol. The molecule has 1 aliphatic carbocycles. The van der Waals surface area contributed by atoms with Gasteiger partial charge in [-0.15, -0.1) is 0 Å². The van der Waals surface area contributed by atoms with Crippen LogP contribution in [-0.4, -0.2) is 37.2 Å². The summed E-state index contributed by atoms with van der Waals surface area (Å²) >= 11 is 0. The summed E-state index contributed by atoms with van der Waals surface area (Å²) in [5, 5.41) is 2.21. The van der Waals surface area contributed by atoms with Crippen molar-refractivity contribution in [3.05, 3.63) is 89.1 Å². The van der Waals surface area contributed by atoms with Crippen LogP contribution in [0.1, 0.15) is 66.4 Å². The number of aromatic nitrogens is 1. The molecule has 0 radical (unpaired) electrons. The van der Waals surface area contributed by atoms with Gasteiger partial charge in [-0.25, -0.2) is 4.98 Å². The average Bonchev–Trinajstić information content (AvgIpc) is 3.27. The van der Waals surface area contributed by atoms with Crippen LogP contribution in [0.3, 0.4) is 0 Å². The molecule has 33 heavy (non-hydrogen) atoms. The van der Waals surface area contributed by atoms with Crippen molar-refractivity contribution >= 4 is 0 Å². The highest BCUT2D eigenvalue weighted by Gasteiger charge is 2.31. The van der Waals surface area contributed by atoms with Crippen molar-refractivity contribution in [2.45, 2.75) is 57.5 Å². The zero-order valence-corrected chi connectivity index (χ0v) is 20.7. The molecule has 1 heterocycles. The van der Waals surface area contributed by atoms with Crippen LogP contribution in [0.4, 0.5) is 0 Å². The molecule has 1 fully saturated rings. The molecule has 0 spiro atoms. The summed E-state index contributed by atoms with van der Waals surface area (Å²) in [4.78, 5) is 4.82. The fraction of sp³-hybridized carbons (Fsp3) is 0.483. The summed E-state index contributed by atoms with van der Waals surface area (Å²) in [6.45, 7) is 2.97. The zero-order valence-electron chi connectivity index (χ0n) is 20.7. The third kappa shape index (κ3) is 6.55. The molecule has 0 aliphatic heterocycles. The highest BCUT2D eigenvalue weighted by Crippen LogP contribution is 2.40. The molecule has 1 aliphatic rings. The van der Waals surface area contributed by atoms with Crippen molar-refractivity contribution in [2.24, 2.45) is 5.92 Å². The molecule has 2 N–H and O–H groups in total. The second-order valence-corrected chi connectivity index (χ2v) is 10.4. The lowest BCUT2D eigenvalue weighted by atomic mass is 9.77. The summed E-state index contributed by atoms with van der Waals surface area (Å²) in [5.74, 6) is 2.81. The van der Waals surface area contributed by atoms with Gasteiger partial charge in [0.1, 0.15) is 13.1 Å². The monoisotopic (exact) mass is 447 g/mol. The summed E-state index contributed by atoms with van der Waals surface area (Å²) in [6.07, 6.45) is 9.59. The van der Waals surface area contributed by atoms with Crippen LogP contribution in [0, 0.1) is 5.92 Å². The Labute approximate surface area is 199 Å². The number of benzene rings is 2. The minimum Gasteiger partial charge on any atom is -0.439 e. The van der Waals surface area contributed by atoms with Crippen molar-refractivity contribution < 1.29 is 14.2 Å². The molecule has 2 aromatic carbocycles. The minimum absolute atomic E-state index is 0.273. The fourth-order valence-electron chi connectivity index (χ4n) is 5.29. The molecule has 0 saturated heterocycles. The number of nitrogens with zero attached hydrogens (tertiary/aromatic N) is 2. The van der Waals surface area contributed by atoms with Crippen molar-refractivity contribution in [3.63, 3.8) is 0 Å². The van der Waals surface area contributed by atoms with Gasteiger partial charge in [-0.3, -0.25) is 0 Å². The van der Waals surface area contributed by atoms with E-state index < -0.39 is 0 Å². The topological polar surface area (TPSA) is 42.6 Å². The molecule has 3 aromatic rings. The first-order chi connectivity index (χ1) is 16.0. The van der Waals surface area contributed by atoms with E-state index in [0.29, 0.717) is 5.92 Å². The van der Waals surface area contributed by atoms with Crippen LogP contribution < -0.4 is 5.32 Å². The standard InChI is InChI=1S/C29H40N3O/c1-30-20-24-16-14-23(15-17-24)18-19-32(2,3)22-27-21-31-29(33-27)28(25-10-6-4-7-11-25)26-12-8-5-9-13-26/h4,6-7,10-11,14-17,21,26,28,30H,5,8-9,12-13,18-20,22H2,1-3H3/q+1/p+1/t28-/m1/s1. The summed E-state index contributed by atoms with van der Waals surface area (Å²) < 4.78 is 7.34. The maximum absolute atomic E-state index is 6.45. The number of rotatable bonds is 10. The Hall–Kier alpha value is -2.43. The van der Waals surface area contributed by atoms with Gasteiger partial charge >= 0.3 is 0 Å². The van der Waals surface area contributed by atoms with Gasteiger partial charge in [0.15, 0.2) is 5.76 Å². The molecule has 4 rings (SSSR count). The van der Waals surface area contributed by atoms with Gasteiger partial charge in [-0.05, 0) is 29.9 Å². The van der Waals surface area contributed by atoms with Gasteiger partial charge in [0.05, 0.1) is 39.8 Å². The lowest BCUT2D eigenvalue weighted by Crippen LogP contribution is -2.77. The molecule has 0 unspecified atom stereocenters. The Bertz CT molecular complexity index is 972. The third-order valence-electron chi connectivity index (χ3n) is 7.17. The smallest absolute Gasteiger partial charge is 0.202 e. The molecule has 1 saturated carbocycles. The van der Waals surface area contributed by atoms with Crippen LogP contribution in [0.25, 0.3) is 0 Å². The number of likely N-dealkylation sites (N-methyl/N-ethyl adjacent to an activating group) is 1. The molecular weight excluding hydrogens is 406 g/mol. The van der Waals surface area contributed by atoms with Gasteiger partial charge in [-0.2, -0.15) is 0 Å². The molecule has 4 heteroatoms. The van der Waals surface area contributed by atoms with Crippen molar-refractivity contribution in [2.75, 3.05) is 27.7 Å². The van der Waals surface area contributed by atoms with E-state index in [4.69, 9.17) is 9.40 Å². The first-order valence-corrected chi connectivity index (χ1v) is 12.7. The second-order valence-electron chi connectivity index (χ2n) is 10.4. The van der Waals surface area contributed by atoms with Gasteiger partial charge in [0.2, 0.25) is 5.89 Å². The molecule has 0 bridgehead atoms. The Morgan fingerprint density at radius 2 is 1.67 bits per heavy atom. The summed E-state index contributed by atoms with van der Waals surface area (Å²) in [7, 11) is 6.69. The Morgan fingerprint density at radius 3 is 2.36 bits per heavy atom. The first kappa shape index (κ1) is 23.7. The summed E-state index contributed by atoms with van der Waals surface area (Å²) in [6, 6.07) is 19.9. The second kappa shape index (κ2) is 11.1. The molecule has 0 amide bonds.